The first-order valence-corrected chi connectivity index (χ1v) is 8.37. The Balaban J connectivity index is 2.38. The summed E-state index contributed by atoms with van der Waals surface area (Å²) in [6.07, 6.45) is 2.90. The third-order valence-corrected chi connectivity index (χ3v) is 4.54. The van der Waals surface area contributed by atoms with Crippen molar-refractivity contribution >= 4 is 15.7 Å². The molecule has 1 N–H and O–H groups in total. The van der Waals surface area contributed by atoms with Crippen LogP contribution in [-0.4, -0.2) is 18.2 Å². The minimum absolute atomic E-state index is 0.146. The average Bonchev–Trinajstić information content (AvgIpc) is 2.87. The van der Waals surface area contributed by atoms with Crippen LogP contribution in [0.2, 0.25) is 0 Å². The van der Waals surface area contributed by atoms with Crippen molar-refractivity contribution < 1.29 is 8.42 Å². The zero-order chi connectivity index (χ0) is 15.7. The van der Waals surface area contributed by atoms with E-state index < -0.39 is 10.0 Å². The predicted octanol–water partition coefficient (Wildman–Crippen LogP) is 3.00. The van der Waals surface area contributed by atoms with Crippen molar-refractivity contribution in [2.24, 2.45) is 0 Å². The van der Waals surface area contributed by atoms with Crippen LogP contribution in [0.3, 0.4) is 0 Å². The summed E-state index contributed by atoms with van der Waals surface area (Å²) in [6.45, 7) is 8.69. The summed E-state index contributed by atoms with van der Waals surface area (Å²) in [5.41, 5.74) is 1.41. The number of benzene rings is 1. The smallest absolute Gasteiger partial charge is 0.265 e. The molecule has 0 spiro atoms. The molecule has 5 nitrogen and oxygen atoms in total. The maximum absolute atomic E-state index is 12.4. The molecule has 0 unspecified atom stereocenters. The van der Waals surface area contributed by atoms with E-state index in [-0.39, 0.29) is 10.3 Å². The van der Waals surface area contributed by atoms with Crippen LogP contribution < -0.4 is 4.72 Å². The number of rotatable bonds is 4. The Morgan fingerprint density at radius 1 is 1.24 bits per heavy atom. The molecule has 0 radical (unpaired) electrons. The van der Waals surface area contributed by atoms with Gasteiger partial charge >= 0.3 is 0 Å². The van der Waals surface area contributed by atoms with Crippen molar-refractivity contribution in [2.75, 3.05) is 4.72 Å². The van der Waals surface area contributed by atoms with Crippen molar-refractivity contribution in [1.29, 1.82) is 0 Å². The second-order valence-electron chi connectivity index (χ2n) is 5.93. The Kier molecular flexibility index (Phi) is 4.09. The van der Waals surface area contributed by atoms with Gasteiger partial charge in [-0.2, -0.15) is 5.10 Å². The Bertz CT molecular complexity index is 727. The monoisotopic (exact) mass is 307 g/mol. The fourth-order valence-corrected chi connectivity index (χ4v) is 3.12. The van der Waals surface area contributed by atoms with Crippen LogP contribution in [-0.2, 0) is 22.0 Å². The molecule has 1 heterocycles. The van der Waals surface area contributed by atoms with Gasteiger partial charge in [-0.05, 0) is 24.0 Å². The van der Waals surface area contributed by atoms with Gasteiger partial charge in [0.25, 0.3) is 10.0 Å². The SMILES string of the molecule is CCn1cc(S(=O)(=O)Nc2ccccc2C(C)(C)C)cn1. The molecule has 0 saturated carbocycles. The van der Waals surface area contributed by atoms with E-state index in [1.165, 1.54) is 12.4 Å². The third kappa shape index (κ3) is 3.44. The van der Waals surface area contributed by atoms with E-state index in [0.29, 0.717) is 12.2 Å². The van der Waals surface area contributed by atoms with E-state index in [0.717, 1.165) is 5.56 Å². The van der Waals surface area contributed by atoms with Gasteiger partial charge in [0, 0.05) is 12.7 Å². The number of anilines is 1. The van der Waals surface area contributed by atoms with Crippen molar-refractivity contribution in [3.63, 3.8) is 0 Å². The summed E-state index contributed by atoms with van der Waals surface area (Å²) in [4.78, 5) is 0.174. The number of sulfonamides is 1. The summed E-state index contributed by atoms with van der Waals surface area (Å²) in [7, 11) is -3.62. The molecule has 0 aliphatic heterocycles. The Labute approximate surface area is 126 Å². The van der Waals surface area contributed by atoms with Crippen molar-refractivity contribution in [3.05, 3.63) is 42.2 Å². The average molecular weight is 307 g/mol. The second kappa shape index (κ2) is 5.52. The molecule has 0 amide bonds. The summed E-state index contributed by atoms with van der Waals surface area (Å²) in [5.74, 6) is 0. The van der Waals surface area contributed by atoms with Gasteiger partial charge in [-0.3, -0.25) is 9.40 Å². The van der Waals surface area contributed by atoms with Gasteiger partial charge in [-0.15, -0.1) is 0 Å². The lowest BCUT2D eigenvalue weighted by Gasteiger charge is -2.23. The molecule has 2 aromatic rings. The van der Waals surface area contributed by atoms with Crippen LogP contribution in [0.4, 0.5) is 5.69 Å². The quantitative estimate of drug-likeness (QED) is 0.944. The first-order valence-electron chi connectivity index (χ1n) is 6.89. The highest BCUT2D eigenvalue weighted by atomic mass is 32.2. The Morgan fingerprint density at radius 3 is 2.48 bits per heavy atom. The molecule has 0 saturated heterocycles. The molecular weight excluding hydrogens is 286 g/mol. The number of hydrogen-bond acceptors (Lipinski definition) is 3. The van der Waals surface area contributed by atoms with Crippen LogP contribution in [0.1, 0.15) is 33.3 Å². The van der Waals surface area contributed by atoms with Gasteiger partial charge in [0.1, 0.15) is 4.90 Å². The highest BCUT2D eigenvalue weighted by Crippen LogP contribution is 2.30. The summed E-state index contributed by atoms with van der Waals surface area (Å²) in [6, 6.07) is 7.45. The van der Waals surface area contributed by atoms with Crippen LogP contribution in [0, 0.1) is 0 Å². The highest BCUT2D eigenvalue weighted by molar-refractivity contribution is 7.92. The zero-order valence-electron chi connectivity index (χ0n) is 12.8. The molecule has 0 aliphatic carbocycles. The Hall–Kier alpha value is -1.82. The lowest BCUT2D eigenvalue weighted by molar-refractivity contribution is 0.590. The molecule has 0 bridgehead atoms. The van der Waals surface area contributed by atoms with E-state index in [2.05, 4.69) is 30.6 Å². The predicted molar refractivity (Wildman–Crippen MR) is 83.9 cm³/mol. The number of aromatic nitrogens is 2. The fourth-order valence-electron chi connectivity index (χ4n) is 2.09. The summed E-state index contributed by atoms with van der Waals surface area (Å²) >= 11 is 0. The molecular formula is C15H21N3O2S. The minimum Gasteiger partial charge on any atom is -0.279 e. The lowest BCUT2D eigenvalue weighted by Crippen LogP contribution is -2.18. The first kappa shape index (κ1) is 15.6. The number of hydrogen-bond donors (Lipinski definition) is 1. The molecule has 114 valence electrons. The molecule has 1 aromatic heterocycles. The van der Waals surface area contributed by atoms with Crippen LogP contribution >= 0.6 is 0 Å². The summed E-state index contributed by atoms with van der Waals surface area (Å²) in [5, 5.41) is 4.01. The van der Waals surface area contributed by atoms with E-state index in [1.54, 1.807) is 10.7 Å². The molecule has 2 rings (SSSR count). The van der Waals surface area contributed by atoms with Crippen molar-refractivity contribution in [1.82, 2.24) is 9.78 Å². The van der Waals surface area contributed by atoms with Gasteiger partial charge in [-0.25, -0.2) is 8.42 Å². The summed E-state index contributed by atoms with van der Waals surface area (Å²) < 4.78 is 29.1. The number of aryl methyl sites for hydroxylation is 1. The zero-order valence-corrected chi connectivity index (χ0v) is 13.6. The normalized spacial score (nSPS) is 12.4. The van der Waals surface area contributed by atoms with Gasteiger partial charge in [0.05, 0.1) is 11.9 Å². The van der Waals surface area contributed by atoms with Crippen LogP contribution in [0.25, 0.3) is 0 Å². The maximum Gasteiger partial charge on any atom is 0.265 e. The van der Waals surface area contributed by atoms with Crippen LogP contribution in [0.15, 0.2) is 41.6 Å². The van der Waals surface area contributed by atoms with E-state index in [9.17, 15) is 8.42 Å². The van der Waals surface area contributed by atoms with E-state index >= 15 is 0 Å². The lowest BCUT2D eigenvalue weighted by atomic mass is 9.86. The molecule has 6 heteroatoms. The molecule has 0 atom stereocenters. The Morgan fingerprint density at radius 2 is 1.90 bits per heavy atom. The van der Waals surface area contributed by atoms with Gasteiger partial charge in [-0.1, -0.05) is 39.0 Å². The van der Waals surface area contributed by atoms with Gasteiger partial charge < -0.3 is 0 Å². The van der Waals surface area contributed by atoms with E-state index in [1.807, 2.05) is 25.1 Å². The topological polar surface area (TPSA) is 64.0 Å². The fraction of sp³-hybridized carbons (Fsp3) is 0.400. The highest BCUT2D eigenvalue weighted by Gasteiger charge is 2.22. The molecule has 0 fully saturated rings. The van der Waals surface area contributed by atoms with Crippen molar-refractivity contribution in [3.8, 4) is 0 Å². The minimum atomic E-state index is -3.62. The van der Waals surface area contributed by atoms with E-state index in [4.69, 9.17) is 0 Å². The van der Waals surface area contributed by atoms with Gasteiger partial charge in [0.2, 0.25) is 0 Å². The molecule has 1 aromatic carbocycles. The van der Waals surface area contributed by atoms with Gasteiger partial charge in [0.15, 0.2) is 0 Å². The largest absolute Gasteiger partial charge is 0.279 e. The third-order valence-electron chi connectivity index (χ3n) is 3.22. The molecule has 21 heavy (non-hydrogen) atoms. The number of nitrogens with one attached hydrogen (secondary N) is 1. The maximum atomic E-state index is 12.4. The number of para-hydroxylation sites is 1. The number of nitrogens with zero attached hydrogens (tertiary/aromatic N) is 2. The second-order valence-corrected chi connectivity index (χ2v) is 7.62. The first-order chi connectivity index (χ1) is 9.74. The standard InChI is InChI=1S/C15H21N3O2S/c1-5-18-11-12(10-16-18)21(19,20)17-14-9-7-6-8-13(14)15(2,3)4/h6-11,17H,5H2,1-4H3. The van der Waals surface area contributed by atoms with Crippen LogP contribution in [0.5, 0.6) is 0 Å². The van der Waals surface area contributed by atoms with Crippen molar-refractivity contribution in [2.45, 2.75) is 44.6 Å². The molecule has 0 aliphatic rings.